The Morgan fingerprint density at radius 1 is 1.54 bits per heavy atom. The molecule has 0 saturated heterocycles. The van der Waals surface area contributed by atoms with Gasteiger partial charge in [0.2, 0.25) is 0 Å². The van der Waals surface area contributed by atoms with E-state index in [-0.39, 0.29) is 16.7 Å². The zero-order valence-electron chi connectivity index (χ0n) is 6.31. The van der Waals surface area contributed by atoms with Crippen molar-refractivity contribution in [3.8, 4) is 5.75 Å². The minimum absolute atomic E-state index is 0.0751. The minimum Gasteiger partial charge on any atom is -0.433 e. The first-order valence-corrected chi connectivity index (χ1v) is 4.20. The summed E-state index contributed by atoms with van der Waals surface area (Å²) in [4.78, 5) is 3.73. The summed E-state index contributed by atoms with van der Waals surface area (Å²) in [6, 6.07) is 1.25. The maximum atomic E-state index is 11.7. The normalized spacial score (nSPS) is 10.5. The third-order valence-electron chi connectivity index (χ3n) is 1.24. The monoisotopic (exact) mass is 227 g/mol. The van der Waals surface area contributed by atoms with E-state index >= 15 is 0 Å². The predicted octanol–water partition coefficient (Wildman–Crippen LogP) is 3.08. The van der Waals surface area contributed by atoms with Gasteiger partial charge in [-0.1, -0.05) is 11.6 Å². The van der Waals surface area contributed by atoms with Gasteiger partial charge < -0.3 is 4.74 Å². The topological polar surface area (TPSA) is 22.1 Å². The fourth-order valence-electron chi connectivity index (χ4n) is 0.714. The van der Waals surface area contributed by atoms with Crippen molar-refractivity contribution in [1.82, 2.24) is 4.98 Å². The fraction of sp³-hybridized carbons (Fsp3) is 0.286. The van der Waals surface area contributed by atoms with Crippen LogP contribution >= 0.6 is 23.2 Å². The Kier molecular flexibility index (Phi) is 3.69. The second-order valence-corrected chi connectivity index (χ2v) is 2.79. The van der Waals surface area contributed by atoms with Gasteiger partial charge in [-0.3, -0.25) is 4.98 Å². The Balaban J connectivity index is 2.83. The number of aromatic nitrogens is 1. The van der Waals surface area contributed by atoms with Crippen LogP contribution in [0.5, 0.6) is 5.75 Å². The molecule has 72 valence electrons. The lowest BCUT2D eigenvalue weighted by molar-refractivity contribution is -0.0500. The van der Waals surface area contributed by atoms with Crippen LogP contribution in [0.15, 0.2) is 12.3 Å². The Hall–Kier alpha value is -0.610. The molecule has 0 atom stereocenters. The third-order valence-corrected chi connectivity index (χ3v) is 1.82. The maximum absolute atomic E-state index is 11.7. The lowest BCUT2D eigenvalue weighted by atomic mass is 10.4. The molecule has 0 unspecified atom stereocenters. The quantitative estimate of drug-likeness (QED) is 0.741. The van der Waals surface area contributed by atoms with Gasteiger partial charge in [-0.2, -0.15) is 8.78 Å². The average molecular weight is 228 g/mol. The highest BCUT2D eigenvalue weighted by Crippen LogP contribution is 2.22. The largest absolute Gasteiger partial charge is 0.433 e. The molecule has 0 bridgehead atoms. The first-order valence-electron chi connectivity index (χ1n) is 3.28. The van der Waals surface area contributed by atoms with Crippen molar-refractivity contribution in [1.29, 1.82) is 0 Å². The standard InChI is InChI=1S/C7H5Cl2F2NO/c8-2-6-5(9)1-4(3-12-6)13-7(10)11/h1,3,7H,2H2. The van der Waals surface area contributed by atoms with Crippen LogP contribution in [0, 0.1) is 0 Å². The molecule has 0 radical (unpaired) electrons. The zero-order chi connectivity index (χ0) is 9.84. The molecule has 1 aromatic rings. The van der Waals surface area contributed by atoms with E-state index in [1.807, 2.05) is 0 Å². The van der Waals surface area contributed by atoms with Crippen LogP contribution in [0.3, 0.4) is 0 Å². The molecule has 0 N–H and O–H groups in total. The van der Waals surface area contributed by atoms with E-state index in [1.165, 1.54) is 6.07 Å². The molecule has 2 nitrogen and oxygen atoms in total. The summed E-state index contributed by atoms with van der Waals surface area (Å²) >= 11 is 11.1. The summed E-state index contributed by atoms with van der Waals surface area (Å²) < 4.78 is 27.5. The number of hydrogen-bond acceptors (Lipinski definition) is 2. The smallest absolute Gasteiger partial charge is 0.387 e. The number of ether oxygens (including phenoxy) is 1. The number of hydrogen-bond donors (Lipinski definition) is 0. The van der Waals surface area contributed by atoms with Gasteiger partial charge in [0.1, 0.15) is 5.75 Å². The van der Waals surface area contributed by atoms with Crippen molar-refractivity contribution < 1.29 is 13.5 Å². The van der Waals surface area contributed by atoms with Crippen molar-refractivity contribution in [2.45, 2.75) is 12.5 Å². The zero-order valence-corrected chi connectivity index (χ0v) is 7.82. The van der Waals surface area contributed by atoms with Crippen molar-refractivity contribution in [2.75, 3.05) is 0 Å². The van der Waals surface area contributed by atoms with Gasteiger partial charge in [-0.25, -0.2) is 0 Å². The number of halogens is 4. The van der Waals surface area contributed by atoms with Crippen molar-refractivity contribution in [3.63, 3.8) is 0 Å². The highest BCUT2D eigenvalue weighted by molar-refractivity contribution is 6.32. The van der Waals surface area contributed by atoms with E-state index in [0.717, 1.165) is 6.20 Å². The molecule has 0 fully saturated rings. The van der Waals surface area contributed by atoms with E-state index in [4.69, 9.17) is 23.2 Å². The second-order valence-electron chi connectivity index (χ2n) is 2.11. The summed E-state index contributed by atoms with van der Waals surface area (Å²) in [6.07, 6.45) is 1.15. The van der Waals surface area contributed by atoms with Gasteiger partial charge in [-0.05, 0) is 0 Å². The summed E-state index contributed by atoms with van der Waals surface area (Å²) in [7, 11) is 0. The Morgan fingerprint density at radius 3 is 2.69 bits per heavy atom. The fourth-order valence-corrected chi connectivity index (χ4v) is 1.22. The van der Waals surface area contributed by atoms with Crippen LogP contribution in [0.25, 0.3) is 0 Å². The molecular weight excluding hydrogens is 223 g/mol. The van der Waals surface area contributed by atoms with Crippen LogP contribution in [0.1, 0.15) is 5.69 Å². The average Bonchev–Trinajstić information content (AvgIpc) is 2.03. The summed E-state index contributed by atoms with van der Waals surface area (Å²) in [5, 5.41) is 0.216. The molecule has 0 spiro atoms. The van der Waals surface area contributed by atoms with Crippen molar-refractivity contribution in [3.05, 3.63) is 23.0 Å². The van der Waals surface area contributed by atoms with Crippen molar-refractivity contribution >= 4 is 23.2 Å². The molecule has 6 heteroatoms. The third kappa shape index (κ3) is 2.97. The Bertz CT molecular complexity index is 296. The molecular formula is C7H5Cl2F2NO. The van der Waals surface area contributed by atoms with Gasteiger partial charge >= 0.3 is 6.61 Å². The molecule has 0 aromatic carbocycles. The van der Waals surface area contributed by atoms with Gasteiger partial charge in [-0.15, -0.1) is 11.6 Å². The van der Waals surface area contributed by atoms with Crippen LogP contribution in [0.2, 0.25) is 5.02 Å². The van der Waals surface area contributed by atoms with Gasteiger partial charge in [0.15, 0.2) is 0 Å². The van der Waals surface area contributed by atoms with Crippen LogP contribution in [-0.2, 0) is 5.88 Å². The van der Waals surface area contributed by atoms with E-state index in [2.05, 4.69) is 9.72 Å². The number of alkyl halides is 3. The molecule has 1 aromatic heterocycles. The summed E-state index contributed by atoms with van der Waals surface area (Å²) in [6.45, 7) is -2.88. The van der Waals surface area contributed by atoms with Gasteiger partial charge in [0.25, 0.3) is 0 Å². The van der Waals surface area contributed by atoms with Gasteiger partial charge in [0.05, 0.1) is 22.8 Å². The highest BCUT2D eigenvalue weighted by atomic mass is 35.5. The number of nitrogens with zero attached hydrogens (tertiary/aromatic N) is 1. The van der Waals surface area contributed by atoms with Crippen LogP contribution in [0.4, 0.5) is 8.78 Å². The van der Waals surface area contributed by atoms with Gasteiger partial charge in [0, 0.05) is 6.07 Å². The molecule has 1 heterocycles. The first kappa shape index (κ1) is 10.5. The predicted molar refractivity (Wildman–Crippen MR) is 45.4 cm³/mol. The maximum Gasteiger partial charge on any atom is 0.387 e. The summed E-state index contributed by atoms with van der Waals surface area (Å²) in [5.41, 5.74) is 0.435. The lowest BCUT2D eigenvalue weighted by Crippen LogP contribution is -2.02. The van der Waals surface area contributed by atoms with E-state index < -0.39 is 6.61 Å². The summed E-state index contributed by atoms with van der Waals surface area (Å²) in [5.74, 6) is 0.0576. The van der Waals surface area contributed by atoms with E-state index in [0.29, 0.717) is 5.69 Å². The molecule has 13 heavy (non-hydrogen) atoms. The number of rotatable bonds is 3. The lowest BCUT2D eigenvalue weighted by Gasteiger charge is -2.05. The molecule has 0 saturated carbocycles. The van der Waals surface area contributed by atoms with E-state index in [1.54, 1.807) is 0 Å². The molecule has 0 aliphatic rings. The van der Waals surface area contributed by atoms with Crippen LogP contribution < -0.4 is 4.74 Å². The molecule has 0 aliphatic heterocycles. The Labute approximate surface area is 83.4 Å². The van der Waals surface area contributed by atoms with Crippen molar-refractivity contribution in [2.24, 2.45) is 0 Å². The highest BCUT2D eigenvalue weighted by Gasteiger charge is 2.07. The molecule has 1 rings (SSSR count). The molecule has 0 aliphatic carbocycles. The second kappa shape index (κ2) is 4.58. The number of pyridine rings is 1. The minimum atomic E-state index is -2.88. The SMILES string of the molecule is FC(F)Oc1cnc(CCl)c(Cl)c1. The Morgan fingerprint density at radius 2 is 2.23 bits per heavy atom. The first-order chi connectivity index (χ1) is 6.13. The van der Waals surface area contributed by atoms with E-state index in [9.17, 15) is 8.78 Å². The molecule has 0 amide bonds. The van der Waals surface area contributed by atoms with Crippen LogP contribution in [-0.4, -0.2) is 11.6 Å².